The molecule has 0 unspecified atom stereocenters. The lowest BCUT2D eigenvalue weighted by Crippen LogP contribution is -2.38. The summed E-state index contributed by atoms with van der Waals surface area (Å²) in [4.78, 5) is 25.3. The first-order valence-electron chi connectivity index (χ1n) is 7.75. The van der Waals surface area contributed by atoms with Crippen molar-refractivity contribution in [3.05, 3.63) is 29.3 Å². The minimum atomic E-state index is -1.77. The van der Waals surface area contributed by atoms with Gasteiger partial charge in [0.1, 0.15) is 0 Å². The van der Waals surface area contributed by atoms with Gasteiger partial charge in [0, 0.05) is 35.9 Å². The quantitative estimate of drug-likeness (QED) is 0.164. The van der Waals surface area contributed by atoms with Gasteiger partial charge in [0.2, 0.25) is 23.3 Å². The number of carbonyl (C=O) groups is 2. The molecule has 0 aromatic heterocycles. The monoisotopic (exact) mass is 473 g/mol. The second kappa shape index (κ2) is 8.81. The Labute approximate surface area is 155 Å². The standard InChI is InChI=1S/C16H16F4INO3/c17-10-8-11(18)15(20)16(14(10)19)25-13(24)3-1-2-12(23)22-6-4-9(21)5-7-22/h8-9H,1-7H2. The number of rotatable bonds is 5. The van der Waals surface area contributed by atoms with Crippen molar-refractivity contribution in [2.45, 2.75) is 36.0 Å². The number of nitrogens with zero attached hydrogens (tertiary/aromatic N) is 1. The van der Waals surface area contributed by atoms with E-state index in [1.807, 2.05) is 0 Å². The summed E-state index contributed by atoms with van der Waals surface area (Å²) in [7, 11) is 0. The zero-order valence-electron chi connectivity index (χ0n) is 13.2. The van der Waals surface area contributed by atoms with Gasteiger partial charge < -0.3 is 9.64 Å². The van der Waals surface area contributed by atoms with Crippen molar-refractivity contribution in [3.8, 4) is 5.75 Å². The molecule has 1 heterocycles. The van der Waals surface area contributed by atoms with Crippen LogP contribution in [0.4, 0.5) is 17.6 Å². The van der Waals surface area contributed by atoms with Gasteiger partial charge in [-0.25, -0.2) is 8.78 Å². The SMILES string of the molecule is O=C(CCCC(=O)N1CCC(I)CC1)Oc1c(F)c(F)cc(F)c1F. The molecule has 1 aromatic rings. The van der Waals surface area contributed by atoms with Gasteiger partial charge in [-0.3, -0.25) is 9.59 Å². The summed E-state index contributed by atoms with van der Waals surface area (Å²) in [6, 6.07) is 0.0274. The summed E-state index contributed by atoms with van der Waals surface area (Å²) in [6.07, 6.45) is 1.73. The fourth-order valence-electron chi connectivity index (χ4n) is 2.45. The van der Waals surface area contributed by atoms with E-state index in [9.17, 15) is 27.2 Å². The normalized spacial score (nSPS) is 15.3. The third-order valence-corrected chi connectivity index (χ3v) is 5.08. The van der Waals surface area contributed by atoms with E-state index in [0.717, 1.165) is 12.8 Å². The van der Waals surface area contributed by atoms with E-state index >= 15 is 0 Å². The van der Waals surface area contributed by atoms with Crippen molar-refractivity contribution < 1.29 is 31.9 Å². The number of ether oxygens (including phenoxy) is 1. The second-order valence-corrected chi connectivity index (χ2v) is 7.44. The van der Waals surface area contributed by atoms with Crippen LogP contribution in [0.3, 0.4) is 0 Å². The molecule has 1 aliphatic heterocycles. The average Bonchev–Trinajstić information content (AvgIpc) is 2.57. The molecular formula is C16H16F4INO3. The summed E-state index contributed by atoms with van der Waals surface area (Å²) in [5.41, 5.74) is 0. The molecule has 0 atom stereocenters. The fourth-order valence-corrected chi connectivity index (χ4v) is 3.00. The van der Waals surface area contributed by atoms with Crippen LogP contribution in [-0.2, 0) is 9.59 Å². The fraction of sp³-hybridized carbons (Fsp3) is 0.500. The van der Waals surface area contributed by atoms with Crippen molar-refractivity contribution in [1.82, 2.24) is 4.90 Å². The van der Waals surface area contributed by atoms with Crippen LogP contribution in [0.5, 0.6) is 5.75 Å². The van der Waals surface area contributed by atoms with Crippen molar-refractivity contribution in [2.24, 2.45) is 0 Å². The van der Waals surface area contributed by atoms with Crippen LogP contribution in [0.1, 0.15) is 32.1 Å². The highest BCUT2D eigenvalue weighted by atomic mass is 127. The van der Waals surface area contributed by atoms with E-state index in [4.69, 9.17) is 0 Å². The molecule has 9 heteroatoms. The van der Waals surface area contributed by atoms with Crippen molar-refractivity contribution in [3.63, 3.8) is 0 Å². The molecule has 25 heavy (non-hydrogen) atoms. The van der Waals surface area contributed by atoms with Gasteiger partial charge in [-0.2, -0.15) is 8.78 Å². The number of piperidine rings is 1. The van der Waals surface area contributed by atoms with Crippen LogP contribution in [0.2, 0.25) is 0 Å². The molecule has 1 fully saturated rings. The van der Waals surface area contributed by atoms with Crippen LogP contribution in [0, 0.1) is 23.3 Å². The molecule has 0 N–H and O–H groups in total. The number of amides is 1. The molecule has 1 saturated heterocycles. The summed E-state index contributed by atoms with van der Waals surface area (Å²) >= 11 is 2.33. The Morgan fingerprint density at radius 3 is 2.20 bits per heavy atom. The van der Waals surface area contributed by atoms with Crippen LogP contribution >= 0.6 is 22.6 Å². The first-order chi connectivity index (χ1) is 11.8. The Morgan fingerprint density at radius 1 is 1.08 bits per heavy atom. The van der Waals surface area contributed by atoms with Gasteiger partial charge in [0.15, 0.2) is 11.6 Å². The van der Waals surface area contributed by atoms with E-state index in [-0.39, 0.29) is 31.2 Å². The molecule has 0 saturated carbocycles. The highest BCUT2D eigenvalue weighted by molar-refractivity contribution is 14.1. The second-order valence-electron chi connectivity index (χ2n) is 5.68. The number of carbonyl (C=O) groups excluding carboxylic acids is 2. The molecular weight excluding hydrogens is 457 g/mol. The maximum atomic E-state index is 13.4. The zero-order valence-corrected chi connectivity index (χ0v) is 15.3. The number of hydrogen-bond acceptors (Lipinski definition) is 3. The van der Waals surface area contributed by atoms with Crippen molar-refractivity contribution in [1.29, 1.82) is 0 Å². The molecule has 2 rings (SSSR count). The molecule has 1 aromatic carbocycles. The van der Waals surface area contributed by atoms with Gasteiger partial charge in [0.25, 0.3) is 0 Å². The molecule has 0 bridgehead atoms. The highest BCUT2D eigenvalue weighted by Crippen LogP contribution is 2.27. The summed E-state index contributed by atoms with van der Waals surface area (Å²) in [5.74, 6) is -9.44. The first kappa shape index (κ1) is 19.9. The van der Waals surface area contributed by atoms with Gasteiger partial charge in [-0.1, -0.05) is 22.6 Å². The topological polar surface area (TPSA) is 46.6 Å². The van der Waals surface area contributed by atoms with Crippen LogP contribution in [-0.4, -0.2) is 33.8 Å². The van der Waals surface area contributed by atoms with Crippen LogP contribution < -0.4 is 4.74 Å². The number of esters is 1. The van der Waals surface area contributed by atoms with E-state index in [1.54, 1.807) is 4.90 Å². The van der Waals surface area contributed by atoms with E-state index in [2.05, 4.69) is 27.3 Å². The lowest BCUT2D eigenvalue weighted by molar-refractivity contribution is -0.135. The van der Waals surface area contributed by atoms with Gasteiger partial charge >= 0.3 is 5.97 Å². The number of hydrogen-bond donors (Lipinski definition) is 0. The predicted molar refractivity (Wildman–Crippen MR) is 89.4 cm³/mol. The molecule has 0 spiro atoms. The summed E-state index contributed by atoms with van der Waals surface area (Å²) < 4.78 is 57.8. The Bertz CT molecular complexity index is 637. The molecule has 4 nitrogen and oxygen atoms in total. The Kier molecular flexibility index (Phi) is 7.03. The van der Waals surface area contributed by atoms with Gasteiger partial charge in [-0.05, 0) is 19.3 Å². The third-order valence-electron chi connectivity index (χ3n) is 3.84. The molecule has 0 aliphatic carbocycles. The number of benzene rings is 1. The van der Waals surface area contributed by atoms with Crippen LogP contribution in [0.15, 0.2) is 6.07 Å². The molecule has 138 valence electrons. The number of likely N-dealkylation sites (tertiary alicyclic amines) is 1. The maximum absolute atomic E-state index is 13.4. The Balaban J connectivity index is 1.83. The zero-order chi connectivity index (χ0) is 18.6. The van der Waals surface area contributed by atoms with Gasteiger partial charge in [0.05, 0.1) is 0 Å². The maximum Gasteiger partial charge on any atom is 0.311 e. The summed E-state index contributed by atoms with van der Waals surface area (Å²) in [6.45, 7) is 1.33. The van der Waals surface area contributed by atoms with Crippen molar-refractivity contribution in [2.75, 3.05) is 13.1 Å². The number of halogens is 5. The van der Waals surface area contributed by atoms with E-state index < -0.39 is 35.0 Å². The molecule has 0 radical (unpaired) electrons. The summed E-state index contributed by atoms with van der Waals surface area (Å²) in [5, 5.41) is 0. The minimum absolute atomic E-state index is 0.0274. The lowest BCUT2D eigenvalue weighted by Gasteiger charge is -2.29. The average molecular weight is 473 g/mol. The minimum Gasteiger partial charge on any atom is -0.420 e. The Morgan fingerprint density at radius 2 is 1.64 bits per heavy atom. The van der Waals surface area contributed by atoms with Gasteiger partial charge in [-0.15, -0.1) is 0 Å². The highest BCUT2D eigenvalue weighted by Gasteiger charge is 2.24. The smallest absolute Gasteiger partial charge is 0.311 e. The first-order valence-corrected chi connectivity index (χ1v) is 8.99. The molecule has 1 amide bonds. The third kappa shape index (κ3) is 5.29. The van der Waals surface area contributed by atoms with Crippen molar-refractivity contribution >= 4 is 34.5 Å². The lowest BCUT2D eigenvalue weighted by atomic mass is 10.1. The Hall–Kier alpha value is -1.39. The van der Waals surface area contributed by atoms with E-state index in [0.29, 0.717) is 17.0 Å². The predicted octanol–water partition coefficient (Wildman–Crippen LogP) is 3.74. The largest absolute Gasteiger partial charge is 0.420 e. The number of alkyl halides is 1. The van der Waals surface area contributed by atoms with Crippen LogP contribution in [0.25, 0.3) is 0 Å². The van der Waals surface area contributed by atoms with E-state index in [1.165, 1.54) is 0 Å². The molecule has 1 aliphatic rings.